The average Bonchev–Trinajstić information content (AvgIpc) is 3.27. The van der Waals surface area contributed by atoms with Gasteiger partial charge in [0.15, 0.2) is 6.10 Å². The van der Waals surface area contributed by atoms with Crippen molar-refractivity contribution < 1.29 is 42.1 Å². The number of likely N-dealkylation sites (N-methyl/N-ethyl adjacent to an activating group) is 1. The summed E-state index contributed by atoms with van der Waals surface area (Å²) in [6.45, 7) is 4.34. The van der Waals surface area contributed by atoms with Gasteiger partial charge in [-0.15, -0.1) is 0 Å². The van der Waals surface area contributed by atoms with Crippen molar-refractivity contribution in [3.8, 4) is 0 Å². The Morgan fingerprint density at radius 1 is 0.470 bits per heavy atom. The summed E-state index contributed by atoms with van der Waals surface area (Å²) in [5.74, 6) is -0.888. The van der Waals surface area contributed by atoms with Crippen molar-refractivity contribution in [3.63, 3.8) is 0 Å². The van der Waals surface area contributed by atoms with Crippen LogP contribution in [0.15, 0.2) is 60.8 Å². The minimum absolute atomic E-state index is 0.0200. The molecule has 0 aromatic heterocycles. The Morgan fingerprint density at radius 3 is 1.27 bits per heavy atom. The summed E-state index contributed by atoms with van der Waals surface area (Å²) in [4.78, 5) is 35.5. The summed E-state index contributed by atoms with van der Waals surface area (Å²) in [6, 6.07) is 0. The van der Waals surface area contributed by atoms with E-state index in [1.165, 1.54) is 154 Å². The second-order valence-corrected chi connectivity index (χ2v) is 20.7. The van der Waals surface area contributed by atoms with E-state index >= 15 is 0 Å². The molecule has 9 nitrogen and oxygen atoms in total. The minimum Gasteiger partial charge on any atom is -0.462 e. The van der Waals surface area contributed by atoms with Gasteiger partial charge in [-0.1, -0.05) is 229 Å². The molecule has 2 atom stereocenters. The summed E-state index contributed by atoms with van der Waals surface area (Å²) < 4.78 is 34.4. The Bertz CT molecular complexity index is 1300. The van der Waals surface area contributed by atoms with Gasteiger partial charge in [0.25, 0.3) is 0 Å². The summed E-state index contributed by atoms with van der Waals surface area (Å²) in [5, 5.41) is 0. The molecule has 0 bridgehead atoms. The van der Waals surface area contributed by atoms with Crippen LogP contribution in [0.1, 0.15) is 232 Å². The molecule has 0 heterocycles. The number of allylic oxidation sites excluding steroid dienone is 10. The first-order valence-corrected chi connectivity index (χ1v) is 28.5. The zero-order valence-electron chi connectivity index (χ0n) is 43.4. The van der Waals surface area contributed by atoms with Crippen molar-refractivity contribution in [1.29, 1.82) is 0 Å². The van der Waals surface area contributed by atoms with Crippen molar-refractivity contribution in [1.82, 2.24) is 0 Å². The molecule has 0 saturated carbocycles. The molecule has 0 rings (SSSR count). The fraction of sp³-hybridized carbons (Fsp3) is 0.786. The molecule has 0 fully saturated rings. The van der Waals surface area contributed by atoms with Crippen LogP contribution in [0.2, 0.25) is 0 Å². The van der Waals surface area contributed by atoms with Crippen molar-refractivity contribution in [2.24, 2.45) is 0 Å². The van der Waals surface area contributed by atoms with Crippen molar-refractivity contribution in [2.75, 3.05) is 47.5 Å². The van der Waals surface area contributed by atoms with Crippen LogP contribution in [-0.2, 0) is 32.7 Å². The monoisotopic (exact) mass is 949 g/mol. The van der Waals surface area contributed by atoms with Gasteiger partial charge in [0, 0.05) is 12.8 Å². The van der Waals surface area contributed by atoms with E-state index in [9.17, 15) is 19.0 Å². The molecule has 1 unspecified atom stereocenters. The van der Waals surface area contributed by atoms with Crippen LogP contribution in [0.5, 0.6) is 0 Å². The molecule has 0 saturated heterocycles. The molecule has 0 amide bonds. The van der Waals surface area contributed by atoms with Crippen molar-refractivity contribution >= 4 is 19.8 Å². The fourth-order valence-corrected chi connectivity index (χ4v) is 8.09. The largest absolute Gasteiger partial charge is 0.472 e. The highest BCUT2D eigenvalue weighted by molar-refractivity contribution is 7.47. The molecule has 0 aromatic rings. The van der Waals surface area contributed by atoms with Crippen LogP contribution in [0, 0.1) is 0 Å². The Hall–Kier alpha value is -2.29. The molecular weight excluding hydrogens is 846 g/mol. The van der Waals surface area contributed by atoms with Crippen LogP contribution in [0.4, 0.5) is 0 Å². The number of unbranched alkanes of at least 4 members (excludes halogenated alkanes) is 25. The third-order valence-corrected chi connectivity index (χ3v) is 12.5. The average molecular weight is 949 g/mol. The lowest BCUT2D eigenvalue weighted by molar-refractivity contribution is -0.870. The number of hydrogen-bond acceptors (Lipinski definition) is 7. The van der Waals surface area contributed by atoms with Gasteiger partial charge in [0.05, 0.1) is 27.7 Å². The van der Waals surface area contributed by atoms with Gasteiger partial charge in [0.2, 0.25) is 0 Å². The topological polar surface area (TPSA) is 108 Å². The highest BCUT2D eigenvalue weighted by atomic mass is 31.2. The lowest BCUT2D eigenvalue weighted by Crippen LogP contribution is -2.37. The van der Waals surface area contributed by atoms with Crippen LogP contribution >= 0.6 is 7.82 Å². The second-order valence-electron chi connectivity index (χ2n) is 19.3. The molecule has 10 heteroatoms. The number of carbonyl (C=O) groups excluding carboxylic acids is 2. The lowest BCUT2D eigenvalue weighted by Gasteiger charge is -2.24. The smallest absolute Gasteiger partial charge is 0.462 e. The van der Waals surface area contributed by atoms with E-state index in [1.54, 1.807) is 0 Å². The SMILES string of the molecule is CCCCC/C=C/C/C=C/C/C=C/C/C=C/C/C=C/CCC(=O)OC[C@H](COP(=O)(O)OCC[N+](C)(C)C)OC(=O)CCCCCCCCCCCCCCCCCCCCCCCCC. The molecule has 0 aliphatic rings. The summed E-state index contributed by atoms with van der Waals surface area (Å²) >= 11 is 0. The Kier molecular flexibility index (Phi) is 46.1. The van der Waals surface area contributed by atoms with E-state index in [-0.39, 0.29) is 26.1 Å². The van der Waals surface area contributed by atoms with Gasteiger partial charge in [-0.05, 0) is 51.4 Å². The molecule has 0 aliphatic carbocycles. The Labute approximate surface area is 406 Å². The number of hydrogen-bond donors (Lipinski definition) is 1. The molecule has 0 radical (unpaired) electrons. The molecule has 0 aliphatic heterocycles. The summed E-state index contributed by atoms with van der Waals surface area (Å²) in [5.41, 5.74) is 0. The number of nitrogens with zero attached hydrogens (tertiary/aromatic N) is 1. The number of rotatable bonds is 49. The van der Waals surface area contributed by atoms with Crippen molar-refractivity contribution in [3.05, 3.63) is 60.8 Å². The van der Waals surface area contributed by atoms with Gasteiger partial charge in [0.1, 0.15) is 19.8 Å². The van der Waals surface area contributed by atoms with E-state index < -0.39 is 32.5 Å². The number of carbonyl (C=O) groups is 2. The van der Waals surface area contributed by atoms with Crippen LogP contribution in [-0.4, -0.2) is 74.9 Å². The van der Waals surface area contributed by atoms with E-state index in [2.05, 4.69) is 62.5 Å². The lowest BCUT2D eigenvalue weighted by atomic mass is 10.0. The summed E-state index contributed by atoms with van der Waals surface area (Å²) in [7, 11) is 1.44. The van der Waals surface area contributed by atoms with Crippen LogP contribution in [0.3, 0.4) is 0 Å². The fourth-order valence-electron chi connectivity index (χ4n) is 7.35. The standard InChI is InChI=1S/C56H102NO8P/c1-6-8-10-12-14-16-18-20-22-24-26-27-28-29-31-33-35-37-39-41-43-45-47-49-56(59)65-54(53-64-66(60,61)63-51-50-57(3,4)5)52-62-55(58)48-46-44-42-40-38-36-34-32-30-25-23-21-19-17-15-13-11-9-7-2/h15,17,21,23,30,32,36,38,42,44,54H,6-14,16,18-20,22,24-29,31,33-35,37,39-41,43,45-53H2,1-5H3/p+1/b17-15+,23-21+,32-30+,38-36+,44-42+/t54-/m1/s1. The van der Waals surface area contributed by atoms with E-state index in [0.717, 1.165) is 38.5 Å². The normalized spacial score (nSPS) is 13.8. The van der Waals surface area contributed by atoms with E-state index in [4.69, 9.17) is 18.5 Å². The van der Waals surface area contributed by atoms with Gasteiger partial charge in [-0.25, -0.2) is 4.57 Å². The molecule has 1 N–H and O–H groups in total. The van der Waals surface area contributed by atoms with Crippen LogP contribution in [0.25, 0.3) is 0 Å². The molecule has 0 spiro atoms. The number of phosphoric acid groups is 1. The second kappa shape index (κ2) is 47.8. The zero-order valence-corrected chi connectivity index (χ0v) is 44.3. The zero-order chi connectivity index (χ0) is 48.5. The minimum atomic E-state index is -4.40. The van der Waals surface area contributed by atoms with Gasteiger partial charge < -0.3 is 18.9 Å². The quantitative estimate of drug-likeness (QED) is 0.0211. The predicted molar refractivity (Wildman–Crippen MR) is 279 cm³/mol. The number of ether oxygens (including phenoxy) is 2. The Morgan fingerprint density at radius 2 is 0.848 bits per heavy atom. The van der Waals surface area contributed by atoms with Crippen LogP contribution < -0.4 is 0 Å². The number of esters is 2. The number of quaternary nitrogens is 1. The first-order chi connectivity index (χ1) is 32.0. The summed E-state index contributed by atoms with van der Waals surface area (Å²) in [6.07, 6.45) is 60.1. The highest BCUT2D eigenvalue weighted by Crippen LogP contribution is 2.43. The molecule has 0 aromatic carbocycles. The van der Waals surface area contributed by atoms with Gasteiger partial charge >= 0.3 is 19.8 Å². The van der Waals surface area contributed by atoms with Gasteiger partial charge in [-0.2, -0.15) is 0 Å². The predicted octanol–water partition coefficient (Wildman–Crippen LogP) is 16.4. The molecule has 384 valence electrons. The molecular formula is C56H103NO8P+. The van der Waals surface area contributed by atoms with E-state index in [1.807, 2.05) is 33.3 Å². The first kappa shape index (κ1) is 63.7. The highest BCUT2D eigenvalue weighted by Gasteiger charge is 2.27. The third-order valence-electron chi connectivity index (χ3n) is 11.6. The maximum Gasteiger partial charge on any atom is 0.472 e. The third kappa shape index (κ3) is 51.1. The first-order valence-electron chi connectivity index (χ1n) is 27.0. The van der Waals surface area contributed by atoms with Crippen molar-refractivity contribution in [2.45, 2.75) is 238 Å². The Balaban J connectivity index is 4.29. The maximum absolute atomic E-state index is 12.8. The maximum atomic E-state index is 12.8. The van der Waals surface area contributed by atoms with E-state index in [0.29, 0.717) is 23.9 Å². The molecule has 66 heavy (non-hydrogen) atoms. The van der Waals surface area contributed by atoms with Gasteiger partial charge in [-0.3, -0.25) is 18.6 Å². The number of phosphoric ester groups is 1.